The minimum absolute atomic E-state index is 0.0208. The van der Waals surface area contributed by atoms with Gasteiger partial charge < -0.3 is 20.5 Å². The molecule has 0 bridgehead atoms. The van der Waals surface area contributed by atoms with Crippen molar-refractivity contribution in [1.29, 1.82) is 0 Å². The molecule has 0 saturated carbocycles. The summed E-state index contributed by atoms with van der Waals surface area (Å²) in [6.07, 6.45) is 1.44. The van der Waals surface area contributed by atoms with E-state index in [1.54, 1.807) is 24.3 Å². The molecule has 1 saturated heterocycles. The lowest BCUT2D eigenvalue weighted by atomic mass is 9.81. The number of hydrogen-bond acceptors (Lipinski definition) is 4. The molecular formula is C16H22N2O4. The van der Waals surface area contributed by atoms with Crippen molar-refractivity contribution in [3.05, 3.63) is 35.9 Å². The quantitative estimate of drug-likeness (QED) is 0.706. The number of hydrogen-bond donors (Lipinski definition) is 3. The fourth-order valence-electron chi connectivity index (χ4n) is 2.40. The molecule has 2 rings (SSSR count). The maximum Gasteiger partial charge on any atom is 0.251 e. The standard InChI is InChI=1S/C16H22N2O4/c19-12-16(6-8-22-9-7-16)11-18-14(20)10-17-15(21)13-4-2-1-3-5-13/h1-5,19H,6-12H2,(H,17,21)(H,18,20). The van der Waals surface area contributed by atoms with Gasteiger partial charge in [-0.15, -0.1) is 0 Å². The predicted molar refractivity (Wildman–Crippen MR) is 81.4 cm³/mol. The van der Waals surface area contributed by atoms with Crippen LogP contribution in [0.15, 0.2) is 30.3 Å². The smallest absolute Gasteiger partial charge is 0.251 e. The number of aliphatic hydroxyl groups excluding tert-OH is 1. The van der Waals surface area contributed by atoms with Gasteiger partial charge in [0.25, 0.3) is 5.91 Å². The minimum Gasteiger partial charge on any atom is -0.396 e. The highest BCUT2D eigenvalue weighted by Gasteiger charge is 2.32. The highest BCUT2D eigenvalue weighted by atomic mass is 16.5. The lowest BCUT2D eigenvalue weighted by Crippen LogP contribution is -2.46. The maximum absolute atomic E-state index is 11.8. The molecule has 22 heavy (non-hydrogen) atoms. The molecule has 120 valence electrons. The van der Waals surface area contributed by atoms with Gasteiger partial charge in [0.15, 0.2) is 0 Å². The van der Waals surface area contributed by atoms with Gasteiger partial charge in [-0.25, -0.2) is 0 Å². The SMILES string of the molecule is O=C(CNC(=O)c1ccccc1)NCC1(CO)CCOCC1. The summed E-state index contributed by atoms with van der Waals surface area (Å²) < 4.78 is 5.28. The topological polar surface area (TPSA) is 87.7 Å². The van der Waals surface area contributed by atoms with E-state index < -0.39 is 0 Å². The van der Waals surface area contributed by atoms with Crippen molar-refractivity contribution < 1.29 is 19.4 Å². The van der Waals surface area contributed by atoms with Crippen LogP contribution in [0.2, 0.25) is 0 Å². The van der Waals surface area contributed by atoms with E-state index in [-0.39, 0.29) is 30.4 Å². The molecule has 0 aromatic heterocycles. The number of carbonyl (C=O) groups excluding carboxylic acids is 2. The van der Waals surface area contributed by atoms with Gasteiger partial charge in [0.05, 0.1) is 13.2 Å². The van der Waals surface area contributed by atoms with Crippen LogP contribution in [0.25, 0.3) is 0 Å². The van der Waals surface area contributed by atoms with Crippen molar-refractivity contribution in [1.82, 2.24) is 10.6 Å². The van der Waals surface area contributed by atoms with Crippen LogP contribution in [0.1, 0.15) is 23.2 Å². The zero-order valence-corrected chi connectivity index (χ0v) is 12.5. The number of aliphatic hydroxyl groups is 1. The number of amides is 2. The van der Waals surface area contributed by atoms with E-state index in [0.717, 1.165) is 12.8 Å². The predicted octanol–water partition coefficient (Wildman–Crippen LogP) is 0.322. The normalized spacial score (nSPS) is 16.8. The third kappa shape index (κ3) is 4.54. The summed E-state index contributed by atoms with van der Waals surface area (Å²) in [5.41, 5.74) is 0.212. The van der Waals surface area contributed by atoms with Crippen LogP contribution in [-0.2, 0) is 9.53 Å². The zero-order chi connectivity index (χ0) is 15.8. The summed E-state index contributed by atoms with van der Waals surface area (Å²) >= 11 is 0. The number of benzene rings is 1. The van der Waals surface area contributed by atoms with Gasteiger partial charge in [-0.1, -0.05) is 18.2 Å². The summed E-state index contributed by atoms with van der Waals surface area (Å²) in [6, 6.07) is 8.74. The van der Waals surface area contributed by atoms with Gasteiger partial charge in [0.1, 0.15) is 0 Å². The molecular weight excluding hydrogens is 284 g/mol. The van der Waals surface area contributed by atoms with E-state index in [4.69, 9.17) is 4.74 Å². The van der Waals surface area contributed by atoms with Gasteiger partial charge >= 0.3 is 0 Å². The third-order valence-corrected chi connectivity index (χ3v) is 3.99. The maximum atomic E-state index is 11.8. The Kier molecular flexibility index (Phi) is 5.91. The van der Waals surface area contributed by atoms with E-state index in [2.05, 4.69) is 10.6 Å². The molecule has 0 atom stereocenters. The Bertz CT molecular complexity index is 498. The largest absolute Gasteiger partial charge is 0.396 e. The van der Waals surface area contributed by atoms with E-state index in [1.807, 2.05) is 6.07 Å². The van der Waals surface area contributed by atoms with Crippen molar-refractivity contribution in [3.8, 4) is 0 Å². The Morgan fingerprint density at radius 3 is 2.45 bits per heavy atom. The van der Waals surface area contributed by atoms with Crippen LogP contribution < -0.4 is 10.6 Å². The second-order valence-electron chi connectivity index (χ2n) is 5.60. The Balaban J connectivity index is 1.75. The van der Waals surface area contributed by atoms with Crippen LogP contribution in [-0.4, -0.2) is 49.8 Å². The van der Waals surface area contributed by atoms with Crippen molar-refractivity contribution in [3.63, 3.8) is 0 Å². The molecule has 0 radical (unpaired) electrons. The van der Waals surface area contributed by atoms with E-state index in [9.17, 15) is 14.7 Å². The second kappa shape index (κ2) is 7.91. The summed E-state index contributed by atoms with van der Waals surface area (Å²) in [4.78, 5) is 23.7. The van der Waals surface area contributed by atoms with E-state index >= 15 is 0 Å². The van der Waals surface area contributed by atoms with Crippen LogP contribution in [0.5, 0.6) is 0 Å². The highest BCUT2D eigenvalue weighted by molar-refractivity contribution is 5.96. The number of ether oxygens (including phenoxy) is 1. The molecule has 2 amide bonds. The molecule has 0 spiro atoms. The molecule has 1 aliphatic rings. The molecule has 0 unspecified atom stereocenters. The lowest BCUT2D eigenvalue weighted by Gasteiger charge is -2.35. The average molecular weight is 306 g/mol. The molecule has 0 aliphatic carbocycles. The number of nitrogens with one attached hydrogen (secondary N) is 2. The first kappa shape index (κ1) is 16.5. The monoisotopic (exact) mass is 306 g/mol. The van der Waals surface area contributed by atoms with E-state index in [0.29, 0.717) is 25.3 Å². The Morgan fingerprint density at radius 1 is 1.14 bits per heavy atom. The Morgan fingerprint density at radius 2 is 1.82 bits per heavy atom. The van der Waals surface area contributed by atoms with Gasteiger partial charge in [-0.05, 0) is 25.0 Å². The second-order valence-corrected chi connectivity index (χ2v) is 5.60. The van der Waals surface area contributed by atoms with E-state index in [1.165, 1.54) is 0 Å². The fourth-order valence-corrected chi connectivity index (χ4v) is 2.40. The molecule has 1 fully saturated rings. The molecule has 1 heterocycles. The summed E-state index contributed by atoms with van der Waals surface area (Å²) in [5, 5.41) is 14.9. The molecule has 6 nitrogen and oxygen atoms in total. The lowest BCUT2D eigenvalue weighted by molar-refractivity contribution is -0.121. The molecule has 3 N–H and O–H groups in total. The first-order valence-corrected chi connectivity index (χ1v) is 7.44. The van der Waals surface area contributed by atoms with Gasteiger partial charge in [0, 0.05) is 30.7 Å². The molecule has 1 aliphatic heterocycles. The Labute approximate surface area is 129 Å². The molecule has 1 aromatic carbocycles. The number of rotatable bonds is 6. The van der Waals surface area contributed by atoms with Crippen LogP contribution in [0, 0.1) is 5.41 Å². The third-order valence-electron chi connectivity index (χ3n) is 3.99. The fraction of sp³-hybridized carbons (Fsp3) is 0.500. The Hall–Kier alpha value is -1.92. The van der Waals surface area contributed by atoms with Crippen LogP contribution >= 0.6 is 0 Å². The molecule has 1 aromatic rings. The van der Waals surface area contributed by atoms with Crippen molar-refractivity contribution >= 4 is 11.8 Å². The summed E-state index contributed by atoms with van der Waals surface area (Å²) in [5.74, 6) is -0.540. The van der Waals surface area contributed by atoms with Gasteiger partial charge in [0.2, 0.25) is 5.91 Å². The van der Waals surface area contributed by atoms with Crippen LogP contribution in [0.4, 0.5) is 0 Å². The first-order valence-electron chi connectivity index (χ1n) is 7.44. The van der Waals surface area contributed by atoms with Crippen molar-refractivity contribution in [2.24, 2.45) is 5.41 Å². The molecule has 6 heteroatoms. The van der Waals surface area contributed by atoms with Gasteiger partial charge in [-0.2, -0.15) is 0 Å². The first-order chi connectivity index (χ1) is 10.7. The highest BCUT2D eigenvalue weighted by Crippen LogP contribution is 2.28. The van der Waals surface area contributed by atoms with Crippen LogP contribution in [0.3, 0.4) is 0 Å². The zero-order valence-electron chi connectivity index (χ0n) is 12.5. The van der Waals surface area contributed by atoms with Gasteiger partial charge in [-0.3, -0.25) is 9.59 Å². The average Bonchev–Trinajstić information content (AvgIpc) is 2.59. The summed E-state index contributed by atoms with van der Waals surface area (Å²) in [6.45, 7) is 1.54. The van der Waals surface area contributed by atoms with Crippen molar-refractivity contribution in [2.75, 3.05) is 32.9 Å². The van der Waals surface area contributed by atoms with Crippen molar-refractivity contribution in [2.45, 2.75) is 12.8 Å². The minimum atomic E-state index is -0.308. The summed E-state index contributed by atoms with van der Waals surface area (Å²) in [7, 11) is 0. The number of carbonyl (C=O) groups is 2.